The molecule has 1 amide bonds. The Morgan fingerprint density at radius 2 is 1.71 bits per heavy atom. The maximum absolute atomic E-state index is 12.7. The van der Waals surface area contributed by atoms with Crippen LogP contribution < -0.4 is 10.1 Å². The molecule has 1 aromatic carbocycles. The van der Waals surface area contributed by atoms with E-state index in [9.17, 15) is 14.0 Å². The van der Waals surface area contributed by atoms with Crippen LogP contribution in [0.25, 0.3) is 0 Å². The molecule has 1 aromatic rings. The van der Waals surface area contributed by atoms with Gasteiger partial charge in [-0.25, -0.2) is 4.39 Å². The van der Waals surface area contributed by atoms with E-state index in [2.05, 4.69) is 5.32 Å². The Balaban J connectivity index is 1.53. The smallest absolute Gasteiger partial charge is 0.306 e. The van der Waals surface area contributed by atoms with Crippen molar-refractivity contribution in [1.29, 1.82) is 0 Å². The quantitative estimate of drug-likeness (QED) is 0.715. The fraction of sp³-hybridized carbons (Fsp3) is 0.556. The van der Waals surface area contributed by atoms with Gasteiger partial charge in [-0.15, -0.1) is 0 Å². The summed E-state index contributed by atoms with van der Waals surface area (Å²) in [5.74, 6) is -0.736. The van der Waals surface area contributed by atoms with Crippen LogP contribution in [0.15, 0.2) is 24.3 Å². The molecule has 1 aliphatic carbocycles. The summed E-state index contributed by atoms with van der Waals surface area (Å²) in [6, 6.07) is 5.89. The normalized spacial score (nSPS) is 20.4. The number of benzene rings is 1. The minimum Gasteiger partial charge on any atom is -0.494 e. The molecule has 1 saturated carbocycles. The molecule has 1 fully saturated rings. The van der Waals surface area contributed by atoms with E-state index < -0.39 is 5.97 Å². The lowest BCUT2D eigenvalue weighted by Crippen LogP contribution is -2.34. The first-order valence-electron chi connectivity index (χ1n) is 8.45. The number of amides is 1. The Morgan fingerprint density at radius 3 is 2.33 bits per heavy atom. The molecule has 2 N–H and O–H groups in total. The van der Waals surface area contributed by atoms with Gasteiger partial charge >= 0.3 is 5.97 Å². The minimum absolute atomic E-state index is 0.0262. The molecule has 0 atom stereocenters. The molecule has 132 valence electrons. The lowest BCUT2D eigenvalue weighted by molar-refractivity contribution is -0.144. The molecule has 6 heteroatoms. The summed E-state index contributed by atoms with van der Waals surface area (Å²) in [7, 11) is 0. The predicted octanol–water partition coefficient (Wildman–Crippen LogP) is 2.99. The second kappa shape index (κ2) is 9.25. The molecule has 0 saturated heterocycles. The van der Waals surface area contributed by atoms with E-state index in [-0.39, 0.29) is 23.6 Å². The van der Waals surface area contributed by atoms with E-state index in [1.54, 1.807) is 12.1 Å². The maximum Gasteiger partial charge on any atom is 0.306 e. The second-order valence-corrected chi connectivity index (χ2v) is 6.19. The Bertz CT molecular complexity index is 538. The van der Waals surface area contributed by atoms with Crippen LogP contribution in [0.2, 0.25) is 0 Å². The zero-order valence-electron chi connectivity index (χ0n) is 13.7. The molecule has 0 radical (unpaired) electrons. The van der Waals surface area contributed by atoms with Gasteiger partial charge in [0.1, 0.15) is 11.6 Å². The van der Waals surface area contributed by atoms with E-state index in [1.807, 2.05) is 0 Å². The van der Waals surface area contributed by atoms with Gasteiger partial charge in [0.15, 0.2) is 0 Å². The molecular formula is C18H24FNO4. The second-order valence-electron chi connectivity index (χ2n) is 6.19. The van der Waals surface area contributed by atoms with Gasteiger partial charge in [0.05, 0.1) is 12.5 Å². The molecule has 0 spiro atoms. The summed E-state index contributed by atoms with van der Waals surface area (Å²) >= 11 is 0. The highest BCUT2D eigenvalue weighted by Gasteiger charge is 2.29. The number of carboxylic acids is 1. The van der Waals surface area contributed by atoms with E-state index >= 15 is 0 Å². The minimum atomic E-state index is -0.755. The van der Waals surface area contributed by atoms with Crippen LogP contribution in [0.4, 0.5) is 4.39 Å². The molecule has 0 unspecified atom stereocenters. The van der Waals surface area contributed by atoms with Gasteiger partial charge in [-0.2, -0.15) is 0 Å². The summed E-state index contributed by atoms with van der Waals surface area (Å²) in [6.07, 6.45) is 4.06. The molecule has 2 rings (SSSR count). The van der Waals surface area contributed by atoms with Crippen LogP contribution in [0.5, 0.6) is 5.75 Å². The van der Waals surface area contributed by atoms with Crippen molar-refractivity contribution >= 4 is 11.9 Å². The number of unbranched alkanes of at least 4 members (excludes halogenated alkanes) is 1. The highest BCUT2D eigenvalue weighted by molar-refractivity contribution is 5.79. The number of carboxylic acid groups (broad SMARTS) is 1. The first kappa shape index (κ1) is 18.2. The number of rotatable bonds is 8. The standard InChI is InChI=1S/C18H24FNO4/c19-15-7-9-16(10-8-15)24-12-2-1-11-20-17(21)13-3-5-14(6-4-13)18(22)23/h7-10,13-14H,1-6,11-12H2,(H,20,21)(H,22,23). The van der Waals surface area contributed by atoms with Crippen molar-refractivity contribution < 1.29 is 23.8 Å². The van der Waals surface area contributed by atoms with Crippen LogP contribution in [0, 0.1) is 17.7 Å². The SMILES string of the molecule is O=C(O)C1CCC(C(=O)NCCCCOc2ccc(F)cc2)CC1. The van der Waals surface area contributed by atoms with Crippen LogP contribution >= 0.6 is 0 Å². The zero-order chi connectivity index (χ0) is 17.4. The third-order valence-electron chi connectivity index (χ3n) is 4.40. The molecule has 0 aliphatic heterocycles. The van der Waals surface area contributed by atoms with Crippen LogP contribution in [-0.2, 0) is 9.59 Å². The number of halogens is 1. The Hall–Kier alpha value is -2.11. The Kier molecular flexibility index (Phi) is 7.03. The fourth-order valence-corrected chi connectivity index (χ4v) is 2.91. The van der Waals surface area contributed by atoms with Gasteiger partial charge in [0.25, 0.3) is 0 Å². The summed E-state index contributed by atoms with van der Waals surface area (Å²) in [6.45, 7) is 1.11. The van der Waals surface area contributed by atoms with E-state index in [1.165, 1.54) is 12.1 Å². The first-order chi connectivity index (χ1) is 11.6. The molecule has 24 heavy (non-hydrogen) atoms. The lowest BCUT2D eigenvalue weighted by Gasteiger charge is -2.25. The van der Waals surface area contributed by atoms with Gasteiger partial charge in [-0.05, 0) is 62.8 Å². The topological polar surface area (TPSA) is 75.6 Å². The van der Waals surface area contributed by atoms with Gasteiger partial charge in [-0.1, -0.05) is 0 Å². The van der Waals surface area contributed by atoms with Crippen LogP contribution in [0.1, 0.15) is 38.5 Å². The number of carbonyl (C=O) groups excluding carboxylic acids is 1. The van der Waals surface area contributed by atoms with Gasteiger partial charge in [0, 0.05) is 12.5 Å². The third-order valence-corrected chi connectivity index (χ3v) is 4.40. The highest BCUT2D eigenvalue weighted by atomic mass is 19.1. The molecule has 5 nitrogen and oxygen atoms in total. The van der Waals surface area contributed by atoms with Crippen molar-refractivity contribution in [1.82, 2.24) is 5.32 Å². The van der Waals surface area contributed by atoms with Gasteiger partial charge in [0.2, 0.25) is 5.91 Å². The van der Waals surface area contributed by atoms with Crippen molar-refractivity contribution in [3.05, 3.63) is 30.1 Å². The van der Waals surface area contributed by atoms with Crippen molar-refractivity contribution in [2.45, 2.75) is 38.5 Å². The Labute approximate surface area is 141 Å². The van der Waals surface area contributed by atoms with Crippen molar-refractivity contribution in [3.63, 3.8) is 0 Å². The lowest BCUT2D eigenvalue weighted by atomic mass is 9.81. The number of nitrogens with one attached hydrogen (secondary N) is 1. The summed E-state index contributed by atoms with van der Waals surface area (Å²) < 4.78 is 18.2. The summed E-state index contributed by atoms with van der Waals surface area (Å²) in [4.78, 5) is 22.9. The molecule has 0 aromatic heterocycles. The molecule has 1 aliphatic rings. The summed E-state index contributed by atoms with van der Waals surface area (Å²) in [5.41, 5.74) is 0. The number of hydrogen-bond donors (Lipinski definition) is 2. The van der Waals surface area contributed by atoms with Gasteiger partial charge in [-0.3, -0.25) is 9.59 Å². The largest absolute Gasteiger partial charge is 0.494 e. The summed E-state index contributed by atoms with van der Waals surface area (Å²) in [5, 5.41) is 11.9. The predicted molar refractivity (Wildman–Crippen MR) is 87.2 cm³/mol. The van der Waals surface area contributed by atoms with Crippen LogP contribution in [0.3, 0.4) is 0 Å². The van der Waals surface area contributed by atoms with Crippen LogP contribution in [-0.4, -0.2) is 30.1 Å². The number of ether oxygens (including phenoxy) is 1. The zero-order valence-corrected chi connectivity index (χ0v) is 13.7. The average molecular weight is 337 g/mol. The molecular weight excluding hydrogens is 313 g/mol. The number of aliphatic carboxylic acids is 1. The average Bonchev–Trinajstić information content (AvgIpc) is 2.59. The van der Waals surface area contributed by atoms with E-state index in [4.69, 9.17) is 9.84 Å². The maximum atomic E-state index is 12.7. The monoisotopic (exact) mass is 337 g/mol. The molecule has 0 bridgehead atoms. The van der Waals surface area contributed by atoms with Crippen molar-refractivity contribution in [2.24, 2.45) is 11.8 Å². The number of hydrogen-bond acceptors (Lipinski definition) is 3. The van der Waals surface area contributed by atoms with E-state index in [0.29, 0.717) is 44.6 Å². The first-order valence-corrected chi connectivity index (χ1v) is 8.45. The number of carbonyl (C=O) groups is 2. The van der Waals surface area contributed by atoms with Crippen molar-refractivity contribution in [2.75, 3.05) is 13.2 Å². The Morgan fingerprint density at radius 1 is 1.08 bits per heavy atom. The molecule has 0 heterocycles. The fourth-order valence-electron chi connectivity index (χ4n) is 2.91. The van der Waals surface area contributed by atoms with Gasteiger partial charge < -0.3 is 15.2 Å². The third kappa shape index (κ3) is 5.83. The van der Waals surface area contributed by atoms with Crippen molar-refractivity contribution in [3.8, 4) is 5.75 Å². The van der Waals surface area contributed by atoms with E-state index in [0.717, 1.165) is 12.8 Å². The highest BCUT2D eigenvalue weighted by Crippen LogP contribution is 2.28.